The van der Waals surface area contributed by atoms with Gasteiger partial charge in [-0.15, -0.1) is 11.3 Å². The van der Waals surface area contributed by atoms with Crippen molar-refractivity contribution in [3.63, 3.8) is 0 Å². The van der Waals surface area contributed by atoms with Gasteiger partial charge in [-0.25, -0.2) is 4.98 Å². The van der Waals surface area contributed by atoms with Crippen molar-refractivity contribution in [3.05, 3.63) is 15.0 Å². The SMILES string of the molecule is Brc1cnc(CN2C[C@H]3CNC[C@H]3C2)s1. The minimum Gasteiger partial charge on any atom is -0.316 e. The van der Waals surface area contributed by atoms with E-state index in [-0.39, 0.29) is 0 Å². The fraction of sp³-hybridized carbons (Fsp3) is 0.700. The summed E-state index contributed by atoms with van der Waals surface area (Å²) in [6.07, 6.45) is 1.90. The van der Waals surface area contributed by atoms with E-state index in [4.69, 9.17) is 0 Å². The van der Waals surface area contributed by atoms with Crippen LogP contribution in [0.4, 0.5) is 0 Å². The van der Waals surface area contributed by atoms with E-state index in [2.05, 4.69) is 31.1 Å². The number of rotatable bonds is 2. The summed E-state index contributed by atoms with van der Waals surface area (Å²) < 4.78 is 1.14. The predicted octanol–water partition coefficient (Wildman–Crippen LogP) is 1.56. The number of likely N-dealkylation sites (tertiary alicyclic amines) is 1. The van der Waals surface area contributed by atoms with Crippen LogP contribution in [0.15, 0.2) is 9.98 Å². The summed E-state index contributed by atoms with van der Waals surface area (Å²) in [7, 11) is 0. The number of nitrogens with zero attached hydrogens (tertiary/aromatic N) is 2. The molecule has 0 bridgehead atoms. The zero-order valence-corrected chi connectivity index (χ0v) is 10.9. The molecule has 0 aliphatic carbocycles. The van der Waals surface area contributed by atoms with E-state index >= 15 is 0 Å². The zero-order chi connectivity index (χ0) is 10.3. The Kier molecular flexibility index (Phi) is 2.81. The van der Waals surface area contributed by atoms with Gasteiger partial charge in [-0.3, -0.25) is 4.90 Å². The maximum absolute atomic E-state index is 4.39. The van der Waals surface area contributed by atoms with Gasteiger partial charge in [0.05, 0.1) is 16.5 Å². The molecule has 0 spiro atoms. The van der Waals surface area contributed by atoms with Crippen LogP contribution in [0.2, 0.25) is 0 Å². The first-order chi connectivity index (χ1) is 7.31. The van der Waals surface area contributed by atoms with Gasteiger partial charge >= 0.3 is 0 Å². The molecule has 1 aromatic heterocycles. The molecule has 3 rings (SSSR count). The van der Waals surface area contributed by atoms with Crippen LogP contribution in [0.1, 0.15) is 5.01 Å². The molecule has 0 radical (unpaired) electrons. The van der Waals surface area contributed by atoms with Gasteiger partial charge in [-0.1, -0.05) is 0 Å². The molecule has 0 saturated carbocycles. The fourth-order valence-electron chi connectivity index (χ4n) is 2.63. The van der Waals surface area contributed by atoms with Crippen LogP contribution in [-0.2, 0) is 6.54 Å². The van der Waals surface area contributed by atoms with Crippen molar-refractivity contribution in [1.82, 2.24) is 15.2 Å². The Morgan fingerprint density at radius 2 is 2.20 bits per heavy atom. The van der Waals surface area contributed by atoms with Gasteiger partial charge in [0, 0.05) is 13.1 Å². The second-order valence-electron chi connectivity index (χ2n) is 4.43. The third kappa shape index (κ3) is 2.11. The lowest BCUT2D eigenvalue weighted by Crippen LogP contribution is -2.25. The molecule has 1 N–H and O–H groups in total. The van der Waals surface area contributed by atoms with E-state index in [1.165, 1.54) is 31.2 Å². The molecule has 5 heteroatoms. The molecular weight excluding hydrogens is 274 g/mol. The van der Waals surface area contributed by atoms with E-state index in [1.807, 2.05) is 6.20 Å². The largest absolute Gasteiger partial charge is 0.316 e. The third-order valence-electron chi connectivity index (χ3n) is 3.35. The number of nitrogens with one attached hydrogen (secondary N) is 1. The van der Waals surface area contributed by atoms with Gasteiger partial charge in [0.2, 0.25) is 0 Å². The average molecular weight is 288 g/mol. The van der Waals surface area contributed by atoms with E-state index in [0.29, 0.717) is 0 Å². The summed E-state index contributed by atoms with van der Waals surface area (Å²) in [5.74, 6) is 1.77. The Bertz CT molecular complexity index is 342. The highest BCUT2D eigenvalue weighted by Gasteiger charge is 2.35. The molecular formula is C10H14BrN3S. The van der Waals surface area contributed by atoms with Crippen molar-refractivity contribution in [2.45, 2.75) is 6.54 Å². The number of aromatic nitrogens is 1. The van der Waals surface area contributed by atoms with Gasteiger partial charge in [-0.05, 0) is 40.9 Å². The molecule has 2 fully saturated rings. The lowest BCUT2D eigenvalue weighted by molar-refractivity contribution is 0.305. The highest BCUT2D eigenvalue weighted by Crippen LogP contribution is 2.28. The molecule has 2 atom stereocenters. The molecule has 0 aromatic carbocycles. The Hall–Kier alpha value is 0.0300. The summed E-state index contributed by atoms with van der Waals surface area (Å²) in [5.41, 5.74) is 0. The number of halogens is 1. The normalized spacial score (nSPS) is 31.0. The average Bonchev–Trinajstić information content (AvgIpc) is 2.81. The van der Waals surface area contributed by atoms with Gasteiger partial charge in [0.25, 0.3) is 0 Å². The van der Waals surface area contributed by atoms with Gasteiger partial charge in [0.1, 0.15) is 5.01 Å². The Labute approximate surface area is 102 Å². The molecule has 15 heavy (non-hydrogen) atoms. The van der Waals surface area contributed by atoms with Crippen molar-refractivity contribution in [2.75, 3.05) is 26.2 Å². The highest BCUT2D eigenvalue weighted by atomic mass is 79.9. The summed E-state index contributed by atoms with van der Waals surface area (Å²) in [4.78, 5) is 6.93. The Balaban J connectivity index is 1.61. The Morgan fingerprint density at radius 3 is 2.80 bits per heavy atom. The van der Waals surface area contributed by atoms with Crippen LogP contribution >= 0.6 is 27.3 Å². The van der Waals surface area contributed by atoms with Crippen LogP contribution in [0.5, 0.6) is 0 Å². The van der Waals surface area contributed by atoms with Crippen molar-refractivity contribution in [1.29, 1.82) is 0 Å². The second kappa shape index (κ2) is 4.13. The quantitative estimate of drug-likeness (QED) is 0.895. The topological polar surface area (TPSA) is 28.2 Å². The molecule has 3 nitrogen and oxygen atoms in total. The monoisotopic (exact) mass is 287 g/mol. The molecule has 2 aliphatic heterocycles. The van der Waals surface area contributed by atoms with Gasteiger partial charge < -0.3 is 5.32 Å². The minimum absolute atomic E-state index is 0.883. The van der Waals surface area contributed by atoms with Crippen LogP contribution in [0, 0.1) is 11.8 Å². The van der Waals surface area contributed by atoms with Crippen molar-refractivity contribution >= 4 is 27.3 Å². The summed E-state index contributed by atoms with van der Waals surface area (Å²) >= 11 is 5.21. The zero-order valence-electron chi connectivity index (χ0n) is 8.45. The van der Waals surface area contributed by atoms with Crippen LogP contribution in [-0.4, -0.2) is 36.1 Å². The van der Waals surface area contributed by atoms with E-state index < -0.39 is 0 Å². The fourth-order valence-corrected chi connectivity index (χ4v) is 3.98. The lowest BCUT2D eigenvalue weighted by Gasteiger charge is -2.14. The first kappa shape index (κ1) is 10.2. The highest BCUT2D eigenvalue weighted by molar-refractivity contribution is 9.11. The smallest absolute Gasteiger partial charge is 0.108 e. The maximum atomic E-state index is 4.39. The minimum atomic E-state index is 0.883. The van der Waals surface area contributed by atoms with E-state index in [0.717, 1.165) is 22.2 Å². The number of thiazole rings is 1. The molecule has 1 aromatic rings. The van der Waals surface area contributed by atoms with Crippen molar-refractivity contribution < 1.29 is 0 Å². The van der Waals surface area contributed by atoms with Crippen molar-refractivity contribution in [2.24, 2.45) is 11.8 Å². The molecule has 0 amide bonds. The molecule has 82 valence electrons. The summed E-state index contributed by atoms with van der Waals surface area (Å²) in [6.45, 7) is 5.94. The lowest BCUT2D eigenvalue weighted by atomic mass is 10.0. The number of hydrogen-bond donors (Lipinski definition) is 1. The molecule has 3 heterocycles. The number of hydrogen-bond acceptors (Lipinski definition) is 4. The maximum Gasteiger partial charge on any atom is 0.108 e. The Morgan fingerprint density at radius 1 is 1.47 bits per heavy atom. The number of fused-ring (bicyclic) bond motifs is 1. The first-order valence-corrected chi connectivity index (χ1v) is 6.95. The van der Waals surface area contributed by atoms with Crippen LogP contribution < -0.4 is 5.32 Å². The van der Waals surface area contributed by atoms with Crippen molar-refractivity contribution in [3.8, 4) is 0 Å². The third-order valence-corrected chi connectivity index (χ3v) is 4.81. The summed E-state index contributed by atoms with van der Waals surface area (Å²) in [6, 6.07) is 0. The van der Waals surface area contributed by atoms with Crippen LogP contribution in [0.25, 0.3) is 0 Å². The first-order valence-electron chi connectivity index (χ1n) is 5.34. The molecule has 2 aliphatic rings. The standard InChI is InChI=1S/C10H14BrN3S/c11-9-3-13-10(15-9)6-14-4-7-1-12-2-8(7)5-14/h3,7-8,12H,1-2,4-6H2/t7-,8+. The van der Waals surface area contributed by atoms with Gasteiger partial charge in [-0.2, -0.15) is 0 Å². The molecule has 2 saturated heterocycles. The van der Waals surface area contributed by atoms with Crippen LogP contribution in [0.3, 0.4) is 0 Å². The molecule has 0 unspecified atom stereocenters. The van der Waals surface area contributed by atoms with E-state index in [1.54, 1.807) is 11.3 Å². The predicted molar refractivity (Wildman–Crippen MR) is 64.9 cm³/mol. The van der Waals surface area contributed by atoms with E-state index in [9.17, 15) is 0 Å². The second-order valence-corrected chi connectivity index (χ2v) is 6.93. The summed E-state index contributed by atoms with van der Waals surface area (Å²) in [5, 5.41) is 4.70. The van der Waals surface area contributed by atoms with Gasteiger partial charge in [0.15, 0.2) is 0 Å².